The van der Waals surface area contributed by atoms with Gasteiger partial charge in [-0.1, -0.05) is 32.9 Å². The topological polar surface area (TPSA) is 50.2 Å². The number of fused-ring (bicyclic) bond motifs is 1. The second-order valence-corrected chi connectivity index (χ2v) is 9.06. The van der Waals surface area contributed by atoms with E-state index in [1.54, 1.807) is 0 Å². The molecule has 29 heavy (non-hydrogen) atoms. The predicted molar refractivity (Wildman–Crippen MR) is 118 cm³/mol. The maximum absolute atomic E-state index is 12.7. The summed E-state index contributed by atoms with van der Waals surface area (Å²) in [6, 6.07) is 13.8. The summed E-state index contributed by atoms with van der Waals surface area (Å²) in [5, 5.41) is 3.01. The number of likely N-dealkylation sites (tertiary alicyclic amines) is 1. The number of hydrogen-bond donors (Lipinski definition) is 1. The van der Waals surface area contributed by atoms with Crippen molar-refractivity contribution in [1.29, 1.82) is 0 Å². The number of benzene rings is 2. The summed E-state index contributed by atoms with van der Waals surface area (Å²) >= 11 is 0. The van der Waals surface area contributed by atoms with Gasteiger partial charge in [-0.25, -0.2) is 4.98 Å². The lowest BCUT2D eigenvalue weighted by molar-refractivity contribution is 0.102. The van der Waals surface area contributed by atoms with Gasteiger partial charge < -0.3 is 9.88 Å². The number of nitrogens with zero attached hydrogens (tertiary/aromatic N) is 3. The van der Waals surface area contributed by atoms with E-state index in [2.05, 4.69) is 42.6 Å². The van der Waals surface area contributed by atoms with Crippen LogP contribution in [0.5, 0.6) is 0 Å². The summed E-state index contributed by atoms with van der Waals surface area (Å²) in [5.41, 5.74) is 4.73. The molecule has 0 radical (unpaired) electrons. The molecule has 0 aliphatic carbocycles. The van der Waals surface area contributed by atoms with Crippen LogP contribution in [0.2, 0.25) is 0 Å². The van der Waals surface area contributed by atoms with Gasteiger partial charge in [0.05, 0.1) is 17.6 Å². The molecule has 2 aromatic carbocycles. The van der Waals surface area contributed by atoms with E-state index in [-0.39, 0.29) is 11.3 Å². The summed E-state index contributed by atoms with van der Waals surface area (Å²) in [4.78, 5) is 19.9. The van der Waals surface area contributed by atoms with Crippen LogP contribution >= 0.6 is 0 Å². The molecule has 3 aromatic rings. The third-order valence-corrected chi connectivity index (χ3v) is 5.81. The Hall–Kier alpha value is -2.66. The fourth-order valence-corrected chi connectivity index (χ4v) is 3.93. The van der Waals surface area contributed by atoms with Crippen LogP contribution in [-0.2, 0) is 19.0 Å². The molecule has 1 fully saturated rings. The second kappa shape index (κ2) is 7.64. The van der Waals surface area contributed by atoms with Crippen LogP contribution in [0, 0.1) is 0 Å². The number of anilines is 1. The quantitative estimate of drug-likeness (QED) is 0.701. The van der Waals surface area contributed by atoms with Crippen molar-refractivity contribution in [1.82, 2.24) is 14.5 Å². The Morgan fingerprint density at radius 1 is 1.07 bits per heavy atom. The molecule has 1 N–H and O–H groups in total. The predicted octanol–water partition coefficient (Wildman–Crippen LogP) is 4.72. The van der Waals surface area contributed by atoms with Crippen molar-refractivity contribution in [3.05, 3.63) is 59.4 Å². The van der Waals surface area contributed by atoms with Crippen molar-refractivity contribution in [3.8, 4) is 0 Å². The highest BCUT2D eigenvalue weighted by Gasteiger charge is 2.17. The Morgan fingerprint density at radius 3 is 2.41 bits per heavy atom. The zero-order valence-corrected chi connectivity index (χ0v) is 17.8. The molecule has 0 saturated carbocycles. The summed E-state index contributed by atoms with van der Waals surface area (Å²) in [6.45, 7) is 9.69. The van der Waals surface area contributed by atoms with Gasteiger partial charge >= 0.3 is 0 Å². The summed E-state index contributed by atoms with van der Waals surface area (Å²) < 4.78 is 2.16. The lowest BCUT2D eigenvalue weighted by Crippen LogP contribution is -2.20. The number of amides is 1. The molecule has 1 amide bonds. The SMILES string of the molecule is Cn1c(CN2CCCC2)nc2cc(NC(=O)c3ccc(C(C)(C)C)cc3)ccc21. The van der Waals surface area contributed by atoms with E-state index < -0.39 is 0 Å². The molecule has 1 aliphatic rings. The zero-order chi connectivity index (χ0) is 20.6. The lowest BCUT2D eigenvalue weighted by Gasteiger charge is -2.19. The summed E-state index contributed by atoms with van der Waals surface area (Å²) in [6.07, 6.45) is 2.55. The van der Waals surface area contributed by atoms with Gasteiger partial charge in [0.25, 0.3) is 5.91 Å². The van der Waals surface area contributed by atoms with E-state index in [4.69, 9.17) is 4.98 Å². The molecule has 0 spiro atoms. The van der Waals surface area contributed by atoms with Crippen molar-refractivity contribution in [2.75, 3.05) is 18.4 Å². The van der Waals surface area contributed by atoms with Crippen LogP contribution in [0.3, 0.4) is 0 Å². The maximum atomic E-state index is 12.7. The maximum Gasteiger partial charge on any atom is 0.255 e. The number of imidazole rings is 1. The molecule has 0 unspecified atom stereocenters. The van der Waals surface area contributed by atoms with E-state index in [0.29, 0.717) is 5.56 Å². The highest BCUT2D eigenvalue weighted by molar-refractivity contribution is 6.05. The normalized spacial score (nSPS) is 15.2. The second-order valence-electron chi connectivity index (χ2n) is 9.06. The first-order valence-corrected chi connectivity index (χ1v) is 10.4. The van der Waals surface area contributed by atoms with Crippen molar-refractivity contribution >= 4 is 22.6 Å². The first kappa shape index (κ1) is 19.6. The van der Waals surface area contributed by atoms with Gasteiger partial charge in [-0.05, 0) is 67.2 Å². The fourth-order valence-electron chi connectivity index (χ4n) is 3.93. The Morgan fingerprint density at radius 2 is 1.76 bits per heavy atom. The van der Waals surface area contributed by atoms with E-state index in [1.165, 1.54) is 18.4 Å². The number of aromatic nitrogens is 2. The van der Waals surface area contributed by atoms with Gasteiger partial charge in [0.1, 0.15) is 5.82 Å². The van der Waals surface area contributed by atoms with Crippen LogP contribution in [0.25, 0.3) is 11.0 Å². The number of nitrogens with one attached hydrogen (secondary N) is 1. The number of rotatable bonds is 4. The third kappa shape index (κ3) is 4.20. The minimum atomic E-state index is -0.0990. The molecule has 1 aromatic heterocycles. The van der Waals surface area contributed by atoms with Crippen molar-refractivity contribution in [2.45, 2.75) is 45.6 Å². The van der Waals surface area contributed by atoms with Crippen LogP contribution in [0.1, 0.15) is 55.4 Å². The molecule has 4 rings (SSSR count). The average Bonchev–Trinajstić information content (AvgIpc) is 3.30. The van der Waals surface area contributed by atoms with Crippen molar-refractivity contribution < 1.29 is 4.79 Å². The smallest absolute Gasteiger partial charge is 0.255 e. The molecule has 152 valence electrons. The minimum absolute atomic E-state index is 0.0752. The van der Waals surface area contributed by atoms with Gasteiger partial charge in [0.15, 0.2) is 0 Å². The summed E-state index contributed by atoms with van der Waals surface area (Å²) in [7, 11) is 2.07. The first-order chi connectivity index (χ1) is 13.8. The van der Waals surface area contributed by atoms with Crippen LogP contribution in [0.15, 0.2) is 42.5 Å². The van der Waals surface area contributed by atoms with Crippen molar-refractivity contribution in [2.24, 2.45) is 7.05 Å². The number of aryl methyl sites for hydroxylation is 1. The third-order valence-electron chi connectivity index (χ3n) is 5.81. The van der Waals surface area contributed by atoms with Gasteiger partial charge in [-0.3, -0.25) is 9.69 Å². The van der Waals surface area contributed by atoms with Crippen LogP contribution < -0.4 is 5.32 Å². The van der Waals surface area contributed by atoms with Gasteiger partial charge in [-0.2, -0.15) is 0 Å². The minimum Gasteiger partial charge on any atom is -0.330 e. The average molecular weight is 391 g/mol. The Kier molecular flexibility index (Phi) is 5.17. The molecule has 1 saturated heterocycles. The van der Waals surface area contributed by atoms with E-state index in [0.717, 1.165) is 42.2 Å². The highest BCUT2D eigenvalue weighted by Crippen LogP contribution is 2.24. The van der Waals surface area contributed by atoms with Gasteiger partial charge in [0, 0.05) is 18.3 Å². The Labute approximate surface area is 172 Å². The standard InChI is InChI=1S/C24H30N4O/c1-24(2,3)18-9-7-17(8-10-18)23(29)25-19-11-12-21-20(15-19)26-22(27(21)4)16-28-13-5-6-14-28/h7-12,15H,5-6,13-14,16H2,1-4H3,(H,25,29). The Balaban J connectivity index is 1.51. The fraction of sp³-hybridized carbons (Fsp3) is 0.417. The first-order valence-electron chi connectivity index (χ1n) is 10.4. The van der Waals surface area contributed by atoms with Crippen molar-refractivity contribution in [3.63, 3.8) is 0 Å². The van der Waals surface area contributed by atoms with Crippen LogP contribution in [-0.4, -0.2) is 33.4 Å². The molecular formula is C24H30N4O. The molecule has 1 aliphatic heterocycles. The molecule has 5 nitrogen and oxygen atoms in total. The molecule has 0 bridgehead atoms. The largest absolute Gasteiger partial charge is 0.330 e. The van der Waals surface area contributed by atoms with Gasteiger partial charge in [0.2, 0.25) is 0 Å². The lowest BCUT2D eigenvalue weighted by atomic mass is 9.87. The summed E-state index contributed by atoms with van der Waals surface area (Å²) in [5.74, 6) is 0.973. The highest BCUT2D eigenvalue weighted by atomic mass is 16.1. The van der Waals surface area contributed by atoms with E-state index in [1.807, 2.05) is 42.5 Å². The number of carbonyl (C=O) groups is 1. The molecule has 0 atom stereocenters. The number of hydrogen-bond acceptors (Lipinski definition) is 3. The molecule has 2 heterocycles. The number of carbonyl (C=O) groups excluding carboxylic acids is 1. The molecular weight excluding hydrogens is 360 g/mol. The Bertz CT molecular complexity index is 1020. The monoisotopic (exact) mass is 390 g/mol. The van der Waals surface area contributed by atoms with E-state index >= 15 is 0 Å². The van der Waals surface area contributed by atoms with Crippen LogP contribution in [0.4, 0.5) is 5.69 Å². The van der Waals surface area contributed by atoms with Gasteiger partial charge in [-0.15, -0.1) is 0 Å². The molecule has 5 heteroatoms. The zero-order valence-electron chi connectivity index (χ0n) is 17.8. The van der Waals surface area contributed by atoms with E-state index in [9.17, 15) is 4.79 Å².